The topological polar surface area (TPSA) is 68.0 Å². The van der Waals surface area contributed by atoms with Crippen LogP contribution >= 0.6 is 11.6 Å². The van der Waals surface area contributed by atoms with Gasteiger partial charge in [-0.3, -0.25) is 4.79 Å². The second-order valence-corrected chi connectivity index (χ2v) is 3.68. The molecular formula is C10H14ClN3O. The Morgan fingerprint density at radius 1 is 1.73 bits per heavy atom. The number of aromatic nitrogens is 1. The van der Waals surface area contributed by atoms with E-state index in [1.54, 1.807) is 12.1 Å². The van der Waals surface area contributed by atoms with Crippen LogP contribution in [0.25, 0.3) is 0 Å². The van der Waals surface area contributed by atoms with Crippen LogP contribution < -0.4 is 11.1 Å². The van der Waals surface area contributed by atoms with Crippen molar-refractivity contribution in [3.8, 4) is 0 Å². The zero-order valence-corrected chi connectivity index (χ0v) is 9.29. The molecule has 15 heavy (non-hydrogen) atoms. The molecule has 0 fully saturated rings. The Balaban J connectivity index is 2.58. The van der Waals surface area contributed by atoms with E-state index in [0.717, 1.165) is 6.42 Å². The van der Waals surface area contributed by atoms with Gasteiger partial charge < -0.3 is 11.1 Å². The summed E-state index contributed by atoms with van der Waals surface area (Å²) in [4.78, 5) is 15.4. The quantitative estimate of drug-likeness (QED) is 0.824. The Labute approximate surface area is 93.8 Å². The van der Waals surface area contributed by atoms with Crippen LogP contribution in [0.3, 0.4) is 0 Å². The van der Waals surface area contributed by atoms with Crippen LogP contribution in [0.2, 0.25) is 5.02 Å². The zero-order chi connectivity index (χ0) is 11.3. The molecule has 0 aliphatic carbocycles. The van der Waals surface area contributed by atoms with Gasteiger partial charge in [0.1, 0.15) is 5.82 Å². The number of nitrogens with one attached hydrogen (secondary N) is 1. The maximum Gasteiger partial charge on any atom is 0.242 e. The first kappa shape index (κ1) is 11.9. The Morgan fingerprint density at radius 3 is 3.07 bits per heavy atom. The number of pyridine rings is 1. The molecular weight excluding hydrogens is 214 g/mol. The second kappa shape index (κ2) is 5.68. The largest absolute Gasteiger partial charge is 0.320 e. The number of anilines is 1. The molecule has 1 amide bonds. The number of carbonyl (C=O) groups is 1. The van der Waals surface area contributed by atoms with E-state index in [1.165, 1.54) is 6.20 Å². The molecule has 5 heteroatoms. The SMILES string of the molecule is CCC[C@@H](N)C(=O)Nc1cc(Cl)ccn1. The number of halogens is 1. The summed E-state index contributed by atoms with van der Waals surface area (Å²) in [7, 11) is 0. The lowest BCUT2D eigenvalue weighted by Gasteiger charge is -2.10. The summed E-state index contributed by atoms with van der Waals surface area (Å²) in [5.74, 6) is 0.200. The van der Waals surface area contributed by atoms with Crippen molar-refractivity contribution in [2.24, 2.45) is 5.73 Å². The molecule has 3 N–H and O–H groups in total. The third kappa shape index (κ3) is 3.85. The van der Waals surface area contributed by atoms with Crippen molar-refractivity contribution in [1.29, 1.82) is 0 Å². The van der Waals surface area contributed by atoms with E-state index >= 15 is 0 Å². The van der Waals surface area contributed by atoms with Crippen LogP contribution in [0.1, 0.15) is 19.8 Å². The highest BCUT2D eigenvalue weighted by Crippen LogP contribution is 2.12. The van der Waals surface area contributed by atoms with Gasteiger partial charge in [0.05, 0.1) is 6.04 Å². The molecule has 1 rings (SSSR count). The lowest BCUT2D eigenvalue weighted by Crippen LogP contribution is -2.35. The highest BCUT2D eigenvalue weighted by atomic mass is 35.5. The van der Waals surface area contributed by atoms with E-state index < -0.39 is 6.04 Å². The van der Waals surface area contributed by atoms with E-state index in [1.807, 2.05) is 6.92 Å². The number of hydrogen-bond acceptors (Lipinski definition) is 3. The number of amides is 1. The maximum absolute atomic E-state index is 11.5. The summed E-state index contributed by atoms with van der Waals surface area (Å²) in [6.07, 6.45) is 3.06. The number of hydrogen-bond donors (Lipinski definition) is 2. The first-order chi connectivity index (χ1) is 7.13. The summed E-state index contributed by atoms with van der Waals surface area (Å²) < 4.78 is 0. The van der Waals surface area contributed by atoms with E-state index in [2.05, 4.69) is 10.3 Å². The molecule has 0 saturated carbocycles. The van der Waals surface area contributed by atoms with Gasteiger partial charge in [-0.15, -0.1) is 0 Å². The van der Waals surface area contributed by atoms with Gasteiger partial charge in [0, 0.05) is 11.2 Å². The van der Waals surface area contributed by atoms with Crippen molar-refractivity contribution in [2.45, 2.75) is 25.8 Å². The molecule has 1 heterocycles. The lowest BCUT2D eigenvalue weighted by molar-refractivity contribution is -0.117. The fourth-order valence-electron chi connectivity index (χ4n) is 1.13. The van der Waals surface area contributed by atoms with Gasteiger partial charge in [0.25, 0.3) is 0 Å². The second-order valence-electron chi connectivity index (χ2n) is 3.24. The Bertz CT molecular complexity index is 343. The van der Waals surface area contributed by atoms with Gasteiger partial charge in [-0.2, -0.15) is 0 Å². The third-order valence-electron chi connectivity index (χ3n) is 1.91. The first-order valence-electron chi connectivity index (χ1n) is 4.81. The average molecular weight is 228 g/mol. The summed E-state index contributed by atoms with van der Waals surface area (Å²) in [6, 6.07) is 2.73. The third-order valence-corrected chi connectivity index (χ3v) is 2.14. The summed E-state index contributed by atoms with van der Waals surface area (Å²) >= 11 is 5.75. The van der Waals surface area contributed by atoms with Gasteiger partial charge in [0.2, 0.25) is 5.91 Å². The monoisotopic (exact) mass is 227 g/mol. The lowest BCUT2D eigenvalue weighted by atomic mass is 10.2. The van der Waals surface area contributed by atoms with Crippen molar-refractivity contribution in [2.75, 3.05) is 5.32 Å². The van der Waals surface area contributed by atoms with Crippen LogP contribution in [0, 0.1) is 0 Å². The average Bonchev–Trinajstić information content (AvgIpc) is 2.18. The van der Waals surface area contributed by atoms with Crippen LogP contribution in [0.4, 0.5) is 5.82 Å². The Morgan fingerprint density at radius 2 is 2.47 bits per heavy atom. The summed E-state index contributed by atoms with van der Waals surface area (Å²) in [5.41, 5.74) is 5.64. The minimum Gasteiger partial charge on any atom is -0.320 e. The molecule has 0 saturated heterocycles. The summed E-state index contributed by atoms with van der Waals surface area (Å²) in [5, 5.41) is 3.14. The van der Waals surface area contributed by atoms with Gasteiger partial charge in [-0.05, 0) is 18.6 Å². The fourth-order valence-corrected chi connectivity index (χ4v) is 1.29. The molecule has 0 aliphatic heterocycles. The van der Waals surface area contributed by atoms with Crippen LogP contribution in [-0.2, 0) is 4.79 Å². The molecule has 1 aromatic rings. The molecule has 0 bridgehead atoms. The standard InChI is InChI=1S/C10H14ClN3O/c1-2-3-8(12)10(15)14-9-6-7(11)4-5-13-9/h4-6,8H,2-3,12H2,1H3,(H,13,14,15)/t8-/m1/s1. The number of nitrogens with zero attached hydrogens (tertiary/aromatic N) is 1. The van der Waals surface area contributed by atoms with Gasteiger partial charge in [0.15, 0.2) is 0 Å². The van der Waals surface area contributed by atoms with Crippen molar-refractivity contribution in [3.05, 3.63) is 23.4 Å². The number of nitrogens with two attached hydrogens (primary N) is 1. The molecule has 0 radical (unpaired) electrons. The van der Waals surface area contributed by atoms with E-state index in [4.69, 9.17) is 17.3 Å². The minimum atomic E-state index is -0.490. The van der Waals surface area contributed by atoms with Crippen LogP contribution in [-0.4, -0.2) is 16.9 Å². The molecule has 4 nitrogen and oxygen atoms in total. The smallest absolute Gasteiger partial charge is 0.242 e. The van der Waals surface area contributed by atoms with E-state index in [0.29, 0.717) is 17.3 Å². The predicted molar refractivity (Wildman–Crippen MR) is 60.8 cm³/mol. The fraction of sp³-hybridized carbons (Fsp3) is 0.400. The highest BCUT2D eigenvalue weighted by molar-refractivity contribution is 6.30. The van der Waals surface area contributed by atoms with E-state index in [-0.39, 0.29) is 5.91 Å². The molecule has 0 unspecified atom stereocenters. The normalized spacial score (nSPS) is 12.2. The van der Waals surface area contributed by atoms with Crippen LogP contribution in [0.15, 0.2) is 18.3 Å². The molecule has 0 spiro atoms. The van der Waals surface area contributed by atoms with Gasteiger partial charge >= 0.3 is 0 Å². The van der Waals surface area contributed by atoms with E-state index in [9.17, 15) is 4.79 Å². The first-order valence-corrected chi connectivity index (χ1v) is 5.19. The minimum absolute atomic E-state index is 0.230. The highest BCUT2D eigenvalue weighted by Gasteiger charge is 2.12. The summed E-state index contributed by atoms with van der Waals surface area (Å²) in [6.45, 7) is 1.98. The molecule has 1 atom stereocenters. The van der Waals surface area contributed by atoms with Crippen molar-refractivity contribution in [1.82, 2.24) is 4.98 Å². The molecule has 0 aliphatic rings. The number of rotatable bonds is 4. The molecule has 1 aromatic heterocycles. The zero-order valence-electron chi connectivity index (χ0n) is 8.53. The molecule has 0 aromatic carbocycles. The van der Waals surface area contributed by atoms with Gasteiger partial charge in [-0.1, -0.05) is 24.9 Å². The Hall–Kier alpha value is -1.13. The maximum atomic E-state index is 11.5. The molecule has 82 valence electrons. The van der Waals surface area contributed by atoms with Crippen LogP contribution in [0.5, 0.6) is 0 Å². The van der Waals surface area contributed by atoms with Crippen molar-refractivity contribution >= 4 is 23.3 Å². The van der Waals surface area contributed by atoms with Gasteiger partial charge in [-0.25, -0.2) is 4.98 Å². The number of carbonyl (C=O) groups excluding carboxylic acids is 1. The predicted octanol–water partition coefficient (Wildman–Crippen LogP) is 1.80. The van der Waals surface area contributed by atoms with Crippen molar-refractivity contribution in [3.63, 3.8) is 0 Å². The van der Waals surface area contributed by atoms with Crippen molar-refractivity contribution < 1.29 is 4.79 Å². The Kier molecular flexibility index (Phi) is 4.52.